The van der Waals surface area contributed by atoms with Crippen LogP contribution in [0.25, 0.3) is 0 Å². The van der Waals surface area contributed by atoms with Crippen LogP contribution < -0.4 is 0 Å². The zero-order valence-corrected chi connectivity index (χ0v) is 18.9. The standard InChI is InChI=1S/C25H42O4/c1-15(5-8-22(27)28)18-6-7-19-23-20(10-12-25(18,19)3)24(2)11-9-17(26)13-16(24)14-21(23)29-4/h15-21,23,26H,5-14H2,1-4H3,(H,27,28)/t15-,16?,17-,18-,19+,20+,21+,23+,24+,25-/m1/s1. The highest BCUT2D eigenvalue weighted by Gasteiger charge is 2.63. The van der Waals surface area contributed by atoms with Crippen molar-refractivity contribution in [2.75, 3.05) is 7.11 Å². The SMILES string of the molecule is CO[C@H]1CC2C[C@H](O)CC[C@]2(C)[C@H]2CC[C@]3(C)[C@@H]([C@H](C)CCC(=O)O)CC[C@H]3[C@H]12. The molecule has 4 rings (SSSR count). The van der Waals surface area contributed by atoms with E-state index in [9.17, 15) is 9.90 Å². The van der Waals surface area contributed by atoms with Crippen LogP contribution in [0.4, 0.5) is 0 Å². The lowest BCUT2D eigenvalue weighted by Crippen LogP contribution is -2.59. The van der Waals surface area contributed by atoms with Crippen molar-refractivity contribution in [1.29, 1.82) is 0 Å². The topological polar surface area (TPSA) is 66.8 Å². The van der Waals surface area contributed by atoms with Crippen LogP contribution in [-0.4, -0.2) is 35.5 Å². The first-order valence-corrected chi connectivity index (χ1v) is 12.1. The van der Waals surface area contributed by atoms with E-state index in [0.29, 0.717) is 58.9 Å². The monoisotopic (exact) mass is 406 g/mol. The van der Waals surface area contributed by atoms with Gasteiger partial charge < -0.3 is 14.9 Å². The van der Waals surface area contributed by atoms with Crippen LogP contribution in [0, 0.1) is 46.3 Å². The molecule has 4 aliphatic carbocycles. The number of carboxylic acids is 1. The van der Waals surface area contributed by atoms with Crippen LogP contribution in [-0.2, 0) is 9.53 Å². The van der Waals surface area contributed by atoms with Gasteiger partial charge in [0.25, 0.3) is 0 Å². The van der Waals surface area contributed by atoms with Gasteiger partial charge in [-0.25, -0.2) is 0 Å². The van der Waals surface area contributed by atoms with E-state index in [-0.39, 0.29) is 6.10 Å². The third kappa shape index (κ3) is 3.46. The minimum absolute atomic E-state index is 0.123. The molecule has 0 radical (unpaired) electrons. The minimum Gasteiger partial charge on any atom is -0.481 e. The molecule has 0 aliphatic heterocycles. The van der Waals surface area contributed by atoms with Crippen LogP contribution in [0.2, 0.25) is 0 Å². The van der Waals surface area contributed by atoms with Gasteiger partial charge in [-0.2, -0.15) is 0 Å². The molecule has 4 saturated carbocycles. The summed E-state index contributed by atoms with van der Waals surface area (Å²) in [5.41, 5.74) is 0.681. The van der Waals surface area contributed by atoms with Crippen LogP contribution in [0.1, 0.15) is 85.0 Å². The molecule has 0 saturated heterocycles. The summed E-state index contributed by atoms with van der Waals surface area (Å²) in [6.07, 6.45) is 10.6. The number of aliphatic hydroxyl groups is 1. The number of fused-ring (bicyclic) bond motifs is 5. The molecule has 0 bridgehead atoms. The molecule has 4 heteroatoms. The number of carboxylic acid groups (broad SMARTS) is 1. The maximum Gasteiger partial charge on any atom is 0.303 e. The minimum atomic E-state index is -0.662. The van der Waals surface area contributed by atoms with Crippen molar-refractivity contribution in [3.05, 3.63) is 0 Å². The fraction of sp³-hybridized carbons (Fsp3) is 0.960. The highest BCUT2D eigenvalue weighted by molar-refractivity contribution is 5.66. The zero-order chi connectivity index (χ0) is 21.0. The quantitative estimate of drug-likeness (QED) is 0.664. The van der Waals surface area contributed by atoms with Crippen molar-refractivity contribution in [3.8, 4) is 0 Å². The molecule has 0 aromatic rings. The molecule has 29 heavy (non-hydrogen) atoms. The van der Waals surface area contributed by atoms with E-state index in [1.54, 1.807) is 0 Å². The Kier molecular flexibility index (Phi) is 5.83. The van der Waals surface area contributed by atoms with E-state index in [0.717, 1.165) is 32.1 Å². The lowest BCUT2D eigenvalue weighted by Gasteiger charge is -2.63. The number of aliphatic carboxylic acids is 1. The number of carbonyl (C=O) groups is 1. The molecule has 0 heterocycles. The second kappa shape index (κ2) is 7.82. The summed E-state index contributed by atoms with van der Waals surface area (Å²) in [4.78, 5) is 11.1. The van der Waals surface area contributed by atoms with Gasteiger partial charge in [-0.3, -0.25) is 4.79 Å². The van der Waals surface area contributed by atoms with Gasteiger partial charge in [0, 0.05) is 13.5 Å². The van der Waals surface area contributed by atoms with Crippen LogP contribution >= 0.6 is 0 Å². The molecule has 4 aliphatic rings. The van der Waals surface area contributed by atoms with Gasteiger partial charge in [-0.05, 0) is 104 Å². The summed E-state index contributed by atoms with van der Waals surface area (Å²) < 4.78 is 6.16. The van der Waals surface area contributed by atoms with Crippen molar-refractivity contribution < 1.29 is 19.7 Å². The van der Waals surface area contributed by atoms with Gasteiger partial charge in [-0.1, -0.05) is 20.8 Å². The van der Waals surface area contributed by atoms with E-state index in [1.807, 2.05) is 7.11 Å². The third-order valence-corrected chi connectivity index (χ3v) is 10.5. The number of ether oxygens (including phenoxy) is 1. The summed E-state index contributed by atoms with van der Waals surface area (Å²) in [6.45, 7) is 7.34. The number of hydrogen-bond donors (Lipinski definition) is 2. The van der Waals surface area contributed by atoms with Gasteiger partial charge in [0.05, 0.1) is 12.2 Å². The molecule has 1 unspecified atom stereocenters. The molecule has 0 amide bonds. The fourth-order valence-electron chi connectivity index (χ4n) is 8.95. The molecular formula is C25H42O4. The predicted molar refractivity (Wildman–Crippen MR) is 113 cm³/mol. The predicted octanol–water partition coefficient (Wildman–Crippen LogP) is 5.13. The first kappa shape index (κ1) is 21.6. The Bertz CT molecular complexity index is 620. The Balaban J connectivity index is 1.58. The first-order chi connectivity index (χ1) is 13.7. The van der Waals surface area contributed by atoms with Gasteiger partial charge in [0.15, 0.2) is 0 Å². The van der Waals surface area contributed by atoms with Crippen molar-refractivity contribution in [1.82, 2.24) is 0 Å². The maximum atomic E-state index is 11.1. The smallest absolute Gasteiger partial charge is 0.303 e. The fourth-order valence-corrected chi connectivity index (χ4v) is 8.95. The average Bonchev–Trinajstić information content (AvgIpc) is 3.03. The summed E-state index contributed by atoms with van der Waals surface area (Å²) in [5, 5.41) is 19.5. The first-order valence-electron chi connectivity index (χ1n) is 12.1. The molecule has 10 atom stereocenters. The molecule has 0 spiro atoms. The molecule has 4 fully saturated rings. The third-order valence-electron chi connectivity index (χ3n) is 10.5. The van der Waals surface area contributed by atoms with E-state index in [4.69, 9.17) is 9.84 Å². The molecule has 4 nitrogen and oxygen atoms in total. The molecular weight excluding hydrogens is 364 g/mol. The normalized spacial score (nSPS) is 50.3. The Labute approximate surface area is 176 Å². The van der Waals surface area contributed by atoms with E-state index >= 15 is 0 Å². The van der Waals surface area contributed by atoms with Gasteiger partial charge >= 0.3 is 5.97 Å². The second-order valence-electron chi connectivity index (χ2n) is 11.6. The maximum absolute atomic E-state index is 11.1. The van der Waals surface area contributed by atoms with Crippen molar-refractivity contribution >= 4 is 5.97 Å². The van der Waals surface area contributed by atoms with Crippen molar-refractivity contribution in [2.45, 2.75) is 97.2 Å². The number of aliphatic hydroxyl groups excluding tert-OH is 1. The van der Waals surface area contributed by atoms with Gasteiger partial charge in [0.2, 0.25) is 0 Å². The largest absolute Gasteiger partial charge is 0.481 e. The lowest BCUT2D eigenvalue weighted by atomic mass is 9.43. The summed E-state index contributed by atoms with van der Waals surface area (Å²) in [5.74, 6) is 3.10. The lowest BCUT2D eigenvalue weighted by molar-refractivity contribution is -0.181. The van der Waals surface area contributed by atoms with Gasteiger partial charge in [-0.15, -0.1) is 0 Å². The Morgan fingerprint density at radius 3 is 2.45 bits per heavy atom. The Morgan fingerprint density at radius 1 is 1.07 bits per heavy atom. The average molecular weight is 407 g/mol. The number of rotatable bonds is 5. The van der Waals surface area contributed by atoms with E-state index in [1.165, 1.54) is 25.7 Å². The van der Waals surface area contributed by atoms with E-state index in [2.05, 4.69) is 20.8 Å². The van der Waals surface area contributed by atoms with Crippen LogP contribution in [0.5, 0.6) is 0 Å². The second-order valence-corrected chi connectivity index (χ2v) is 11.6. The van der Waals surface area contributed by atoms with Crippen LogP contribution in [0.15, 0.2) is 0 Å². The molecule has 166 valence electrons. The highest BCUT2D eigenvalue weighted by atomic mass is 16.5. The number of hydrogen-bond acceptors (Lipinski definition) is 3. The molecule has 0 aromatic heterocycles. The Hall–Kier alpha value is -0.610. The summed E-state index contributed by atoms with van der Waals surface area (Å²) >= 11 is 0. The Morgan fingerprint density at radius 2 is 1.76 bits per heavy atom. The number of methoxy groups -OCH3 is 1. The zero-order valence-electron chi connectivity index (χ0n) is 18.9. The van der Waals surface area contributed by atoms with Gasteiger partial charge in [0.1, 0.15) is 0 Å². The molecule has 0 aromatic carbocycles. The van der Waals surface area contributed by atoms with E-state index < -0.39 is 5.97 Å². The van der Waals surface area contributed by atoms with Crippen molar-refractivity contribution in [2.24, 2.45) is 46.3 Å². The summed E-state index contributed by atoms with van der Waals surface area (Å²) in [7, 11) is 1.90. The van der Waals surface area contributed by atoms with Crippen LogP contribution in [0.3, 0.4) is 0 Å². The van der Waals surface area contributed by atoms with Crippen molar-refractivity contribution in [3.63, 3.8) is 0 Å². The molecule has 2 N–H and O–H groups in total. The highest BCUT2D eigenvalue weighted by Crippen LogP contribution is 2.68. The summed E-state index contributed by atoms with van der Waals surface area (Å²) in [6, 6.07) is 0.